The average molecular weight is 710 g/mol. The Morgan fingerprint density at radius 3 is 2.14 bits per heavy atom. The molecule has 1 saturated heterocycles. The molecule has 3 rings (SSSR count). The number of hydrogen-bond acceptors (Lipinski definition) is 9. The molecule has 0 spiro atoms. The van der Waals surface area contributed by atoms with Crippen molar-refractivity contribution in [3.05, 3.63) is 59.7 Å². The van der Waals surface area contributed by atoms with Crippen LogP contribution in [0.5, 0.6) is 5.75 Å². The third kappa shape index (κ3) is 13.1. The smallest absolute Gasteiger partial charge is 0.407 e. The van der Waals surface area contributed by atoms with Crippen LogP contribution in [0, 0.1) is 5.41 Å². The van der Waals surface area contributed by atoms with Gasteiger partial charge < -0.3 is 45.7 Å². The molecule has 0 bridgehead atoms. The molecule has 2 aromatic rings. The van der Waals surface area contributed by atoms with Crippen LogP contribution in [-0.4, -0.2) is 102 Å². The Labute approximate surface area is 299 Å². The van der Waals surface area contributed by atoms with Gasteiger partial charge in [0, 0.05) is 37.3 Å². The number of alkyl carbamates (subject to hydrolysis) is 1. The monoisotopic (exact) mass is 709 g/mol. The minimum absolute atomic E-state index is 0.0737. The lowest BCUT2D eigenvalue weighted by Crippen LogP contribution is -2.63. The molecule has 0 aromatic heterocycles. The number of nitrogens with one attached hydrogen (secondary N) is 4. The number of amides is 4. The minimum atomic E-state index is -1.08. The third-order valence-corrected chi connectivity index (χ3v) is 7.56. The molecular weight excluding hydrogens is 658 g/mol. The van der Waals surface area contributed by atoms with Crippen LogP contribution >= 0.6 is 0 Å². The van der Waals surface area contributed by atoms with E-state index in [0.717, 1.165) is 5.56 Å². The van der Waals surface area contributed by atoms with Gasteiger partial charge in [-0.05, 0) is 96.3 Å². The van der Waals surface area contributed by atoms with Gasteiger partial charge in [-0.1, -0.05) is 12.1 Å². The number of methoxy groups -OCH3 is 1. The van der Waals surface area contributed by atoms with Crippen LogP contribution in [0.3, 0.4) is 0 Å². The lowest BCUT2D eigenvalue weighted by Gasteiger charge is -2.42. The zero-order valence-electron chi connectivity index (χ0n) is 30.5. The minimum Gasteiger partial charge on any atom is -0.497 e. The fraction of sp³-hybridized carbons (Fsp3) is 0.500. The second-order valence-corrected chi connectivity index (χ2v) is 14.2. The first-order chi connectivity index (χ1) is 23.8. The summed E-state index contributed by atoms with van der Waals surface area (Å²) in [5.41, 5.74) is 5.48. The molecule has 1 heterocycles. The summed E-state index contributed by atoms with van der Waals surface area (Å²) in [6.07, 6.45) is -0.0172. The fourth-order valence-corrected chi connectivity index (χ4v) is 5.37. The Kier molecular flexibility index (Phi) is 13.8. The number of rotatable bonds is 13. The molecule has 1 fully saturated rings. The summed E-state index contributed by atoms with van der Waals surface area (Å²) >= 11 is 0. The van der Waals surface area contributed by atoms with Crippen LogP contribution in [0.1, 0.15) is 70.3 Å². The maximum absolute atomic E-state index is 14.4. The zero-order chi connectivity index (χ0) is 37.9. The second kappa shape index (κ2) is 17.5. The second-order valence-electron chi connectivity index (χ2n) is 14.2. The number of carbonyl (C=O) groups is 5. The molecule has 0 unspecified atom stereocenters. The van der Waals surface area contributed by atoms with Gasteiger partial charge in [-0.3, -0.25) is 24.6 Å². The van der Waals surface area contributed by atoms with Crippen LogP contribution in [0.4, 0.5) is 10.5 Å². The van der Waals surface area contributed by atoms with Crippen molar-refractivity contribution >= 4 is 41.4 Å². The topological polar surface area (TPSA) is 205 Å². The van der Waals surface area contributed by atoms with E-state index in [-0.39, 0.29) is 50.5 Å². The van der Waals surface area contributed by atoms with Crippen molar-refractivity contribution in [2.75, 3.05) is 38.6 Å². The van der Waals surface area contributed by atoms with E-state index in [9.17, 15) is 24.0 Å². The molecule has 51 heavy (non-hydrogen) atoms. The van der Waals surface area contributed by atoms with Gasteiger partial charge in [-0.25, -0.2) is 4.79 Å². The van der Waals surface area contributed by atoms with E-state index in [1.54, 1.807) is 85.1 Å². The van der Waals surface area contributed by atoms with E-state index >= 15 is 0 Å². The number of anilines is 1. The van der Waals surface area contributed by atoms with Gasteiger partial charge in [-0.2, -0.15) is 0 Å². The van der Waals surface area contributed by atoms with E-state index in [1.165, 1.54) is 21.9 Å². The number of nitrogens with two attached hydrogens (primary N) is 1. The van der Waals surface area contributed by atoms with Crippen molar-refractivity contribution in [1.82, 2.24) is 20.4 Å². The third-order valence-electron chi connectivity index (χ3n) is 7.56. The molecule has 0 radical (unpaired) electrons. The van der Waals surface area contributed by atoms with Crippen LogP contribution in [0.15, 0.2) is 48.5 Å². The molecule has 0 saturated carbocycles. The number of carbonyl (C=O) groups excluding carboxylic acids is 5. The van der Waals surface area contributed by atoms with Gasteiger partial charge >= 0.3 is 12.1 Å². The van der Waals surface area contributed by atoms with Crippen molar-refractivity contribution in [1.29, 1.82) is 5.41 Å². The first-order valence-corrected chi connectivity index (χ1v) is 16.8. The quantitative estimate of drug-likeness (QED) is 0.0890. The van der Waals surface area contributed by atoms with E-state index in [4.69, 9.17) is 25.4 Å². The lowest BCUT2D eigenvalue weighted by molar-refractivity contribution is -0.163. The maximum Gasteiger partial charge on any atom is 0.407 e. The van der Waals surface area contributed by atoms with Gasteiger partial charge in [0.15, 0.2) is 5.96 Å². The number of ether oxygens (including phenoxy) is 3. The number of guanidine groups is 1. The van der Waals surface area contributed by atoms with E-state index in [2.05, 4.69) is 16.0 Å². The highest BCUT2D eigenvalue weighted by Crippen LogP contribution is 2.21. The molecule has 4 amide bonds. The van der Waals surface area contributed by atoms with Crippen molar-refractivity contribution in [2.45, 2.75) is 84.1 Å². The molecule has 0 aliphatic carbocycles. The lowest BCUT2D eigenvalue weighted by atomic mass is 9.99. The number of nitrogens with zero attached hydrogens (tertiary/aromatic N) is 2. The van der Waals surface area contributed by atoms with E-state index < -0.39 is 53.1 Å². The largest absolute Gasteiger partial charge is 0.497 e. The predicted molar refractivity (Wildman–Crippen MR) is 191 cm³/mol. The van der Waals surface area contributed by atoms with E-state index in [1.807, 2.05) is 0 Å². The Bertz CT molecular complexity index is 1550. The molecule has 2 aromatic carbocycles. The van der Waals surface area contributed by atoms with Crippen molar-refractivity contribution in [3.63, 3.8) is 0 Å². The summed E-state index contributed by atoms with van der Waals surface area (Å²) < 4.78 is 16.0. The summed E-state index contributed by atoms with van der Waals surface area (Å²) in [4.78, 5) is 69.6. The molecule has 278 valence electrons. The fourth-order valence-electron chi connectivity index (χ4n) is 5.37. The highest BCUT2D eigenvalue weighted by molar-refractivity contribution is 5.99. The zero-order valence-corrected chi connectivity index (χ0v) is 30.5. The molecule has 2 atom stereocenters. The van der Waals surface area contributed by atoms with Gasteiger partial charge in [0.2, 0.25) is 11.8 Å². The molecule has 1 aliphatic rings. The summed E-state index contributed by atoms with van der Waals surface area (Å²) in [5, 5.41) is 15.6. The van der Waals surface area contributed by atoms with Gasteiger partial charge in [-0.15, -0.1) is 0 Å². The summed E-state index contributed by atoms with van der Waals surface area (Å²) in [6.45, 7) is 10.5. The van der Waals surface area contributed by atoms with Crippen LogP contribution in [-0.2, 0) is 30.3 Å². The number of esters is 1. The molecule has 1 aliphatic heterocycles. The summed E-state index contributed by atoms with van der Waals surface area (Å²) in [6, 6.07) is 11.3. The standard InChI is InChI=1S/C36H51N7O8/c1-35(2,3)50-29(44)22-42-19-20-43(28(32(42)47)9-8-18-39-34(48)51-36(4,5)6)31(46)27(21-23-10-16-26(49-7)17-11-23)41-30(45)24-12-14-25(15-13-24)40-33(37)38/h10-17,27-28H,8-9,18-22H2,1-7H3,(H,39,48)(H,41,45)(H4,37,38,40)/t27-,28-/m0/s1. The molecule has 6 N–H and O–H groups in total. The normalized spacial score (nSPS) is 15.4. The van der Waals surface area contributed by atoms with E-state index in [0.29, 0.717) is 17.9 Å². The summed E-state index contributed by atoms with van der Waals surface area (Å²) in [5.74, 6) is -1.66. The number of benzene rings is 2. The maximum atomic E-state index is 14.4. The summed E-state index contributed by atoms with van der Waals surface area (Å²) in [7, 11) is 1.54. The Hall–Kier alpha value is -5.34. The Morgan fingerprint density at radius 2 is 1.57 bits per heavy atom. The van der Waals surface area contributed by atoms with Gasteiger partial charge in [0.1, 0.15) is 35.6 Å². The SMILES string of the molecule is COc1ccc(C[C@H](NC(=O)c2ccc(NC(=N)N)cc2)C(=O)N2CCN(CC(=O)OC(C)(C)C)C(=O)[C@@H]2CCCNC(=O)OC(C)(C)C)cc1. The Balaban J connectivity index is 1.87. The first kappa shape index (κ1) is 40.1. The highest BCUT2D eigenvalue weighted by Gasteiger charge is 2.40. The first-order valence-electron chi connectivity index (χ1n) is 16.8. The van der Waals surface area contributed by atoms with Crippen LogP contribution < -0.4 is 26.4 Å². The predicted octanol–water partition coefficient (Wildman–Crippen LogP) is 3.03. The number of piperazine rings is 1. The molecule has 15 heteroatoms. The van der Waals surface area contributed by atoms with Gasteiger partial charge in [0.25, 0.3) is 5.91 Å². The van der Waals surface area contributed by atoms with Crippen LogP contribution in [0.2, 0.25) is 0 Å². The highest BCUT2D eigenvalue weighted by atomic mass is 16.6. The van der Waals surface area contributed by atoms with Crippen LogP contribution in [0.25, 0.3) is 0 Å². The Morgan fingerprint density at radius 1 is 0.941 bits per heavy atom. The molecule has 15 nitrogen and oxygen atoms in total. The number of hydrogen-bond donors (Lipinski definition) is 5. The molecular formula is C36H51N7O8. The van der Waals surface area contributed by atoms with Gasteiger partial charge in [0.05, 0.1) is 7.11 Å². The van der Waals surface area contributed by atoms with Crippen molar-refractivity contribution in [2.24, 2.45) is 5.73 Å². The van der Waals surface area contributed by atoms with Crippen molar-refractivity contribution < 1.29 is 38.2 Å². The van der Waals surface area contributed by atoms with Crippen molar-refractivity contribution in [3.8, 4) is 5.75 Å². The average Bonchev–Trinajstić information content (AvgIpc) is 3.02.